The molecule has 124 heavy (non-hydrogen) atoms. The fourth-order valence-corrected chi connectivity index (χ4v) is 18.5. The highest BCUT2D eigenvalue weighted by atomic mass is 35.5. The van der Waals surface area contributed by atoms with E-state index in [2.05, 4.69) is 380 Å². The minimum absolute atomic E-state index is 0.384. The van der Waals surface area contributed by atoms with Crippen LogP contribution in [0.5, 0.6) is 0 Å². The average molecular weight is 1650 g/mol. The van der Waals surface area contributed by atoms with E-state index in [1.165, 1.54) is 90.5 Å². The second kappa shape index (κ2) is 35.4. The molecule has 8 nitrogen and oxygen atoms in total. The molecule has 1 fully saturated rings. The maximum Gasteiger partial charge on any atom is 0.494 e. The van der Waals surface area contributed by atoms with Crippen molar-refractivity contribution in [3.8, 4) is 79.5 Å². The van der Waals surface area contributed by atoms with Crippen LogP contribution in [0.3, 0.4) is 0 Å². The molecular weight excluding hydrogens is 1570 g/mol. The molecule has 21 rings (SSSR count). The zero-order chi connectivity index (χ0) is 83.9. The number of thiophene rings is 2. The molecule has 1 aliphatic heterocycles. The second-order valence-corrected chi connectivity index (χ2v) is 34.1. The number of halogens is 1. The van der Waals surface area contributed by atoms with Gasteiger partial charge in [-0.1, -0.05) is 388 Å². The molecule has 0 spiro atoms. The van der Waals surface area contributed by atoms with Crippen LogP contribution in [0.15, 0.2) is 425 Å². The van der Waals surface area contributed by atoms with Crippen LogP contribution in [-0.2, 0) is 9.31 Å². The van der Waals surface area contributed by atoms with Crippen LogP contribution >= 0.6 is 34.3 Å². The molecule has 0 bridgehead atoms. The van der Waals surface area contributed by atoms with Crippen LogP contribution < -0.4 is 5.46 Å². The van der Waals surface area contributed by atoms with Crippen LogP contribution in [-0.4, -0.2) is 48.2 Å². The lowest BCUT2D eigenvalue weighted by Gasteiger charge is -2.32. The van der Waals surface area contributed by atoms with Crippen LogP contribution in [0, 0.1) is 0 Å². The minimum atomic E-state index is -0.408. The van der Waals surface area contributed by atoms with Crippen molar-refractivity contribution < 1.29 is 9.31 Å². The summed E-state index contributed by atoms with van der Waals surface area (Å²) in [6.45, 7) is 8.37. The molecule has 0 aliphatic carbocycles. The van der Waals surface area contributed by atoms with Crippen molar-refractivity contribution in [1.29, 1.82) is 0 Å². The molecule has 12 heteroatoms. The lowest BCUT2D eigenvalue weighted by Crippen LogP contribution is -2.41. The molecule has 594 valence electrons. The van der Waals surface area contributed by atoms with Gasteiger partial charge in [-0.3, -0.25) is 0 Å². The zero-order valence-corrected chi connectivity index (χ0v) is 71.1. The number of aromatic nitrogens is 6. The Morgan fingerprint density at radius 2 is 0.492 bits per heavy atom. The van der Waals surface area contributed by atoms with Crippen LogP contribution in [0.4, 0.5) is 0 Å². The van der Waals surface area contributed by atoms with E-state index in [1.807, 2.05) is 72.8 Å². The van der Waals surface area contributed by atoms with Crippen molar-refractivity contribution >= 4 is 109 Å². The largest absolute Gasteiger partial charge is 0.494 e. The van der Waals surface area contributed by atoms with E-state index in [4.69, 9.17) is 50.8 Å². The number of benzene rings is 16. The average Bonchev–Trinajstić information content (AvgIpc) is 1.56. The van der Waals surface area contributed by atoms with Gasteiger partial charge in [0, 0.05) is 78.7 Å². The summed E-state index contributed by atoms with van der Waals surface area (Å²) in [5.41, 5.74) is 22.1. The van der Waals surface area contributed by atoms with Crippen molar-refractivity contribution in [2.75, 3.05) is 0 Å². The van der Waals surface area contributed by atoms with E-state index in [0.717, 1.165) is 66.7 Å². The van der Waals surface area contributed by atoms with Crippen LogP contribution in [0.2, 0.25) is 5.02 Å². The molecule has 4 aromatic heterocycles. The topological polar surface area (TPSA) is 95.8 Å². The third kappa shape index (κ3) is 17.0. The Hall–Kier alpha value is -14.3. The Bertz CT molecular complexity index is 7200. The van der Waals surface area contributed by atoms with Gasteiger partial charge in [0.1, 0.15) is 0 Å². The van der Waals surface area contributed by atoms with Crippen molar-refractivity contribution in [2.45, 2.75) is 38.9 Å². The molecule has 0 unspecified atom stereocenters. The van der Waals surface area contributed by atoms with Crippen molar-refractivity contribution in [1.82, 2.24) is 29.9 Å². The molecule has 0 atom stereocenters. The molecule has 1 saturated heterocycles. The second-order valence-electron chi connectivity index (χ2n) is 31.5. The standard InChI is InChI=1S/C53H35N3S.C32H31BO2.C27H16ClN3S/c1-5-17-36(18-6-1)49(37-19-7-2-8-20-37)50(38-21-9-3-10-22-38)42-27-15-25-40(33-42)41-26-16-28-43(34-41)52-54-51(39-23-11-4-12-24-39)55-53(56-52)44-31-32-46-45-29-13-14-30-47(45)57-48(46)35-44;1-31(2)32(3,4)35-33(34-31)28-22-14-21-27(23-28)30(26-19-12-7-13-20-26)29(24-15-8-5-9-16-24)25-17-10-6-11-18-25;28-20-10-6-9-18(15-20)26-29-25(17-7-2-1-3-8-17)30-27(31-26)19-13-14-22-21-11-4-5-12-23(21)32-24(22)16-19/h1-35H;5-23H,1-4H3;1-16H. The van der Waals surface area contributed by atoms with Gasteiger partial charge in [0.05, 0.1) is 11.2 Å². The fourth-order valence-electron chi connectivity index (χ4n) is 16.0. The van der Waals surface area contributed by atoms with Crippen LogP contribution in [0.1, 0.15) is 72.2 Å². The van der Waals surface area contributed by atoms with Gasteiger partial charge in [-0.2, -0.15) is 0 Å². The van der Waals surface area contributed by atoms with Gasteiger partial charge in [0.25, 0.3) is 0 Å². The van der Waals surface area contributed by atoms with Gasteiger partial charge in [-0.25, -0.2) is 29.9 Å². The van der Waals surface area contributed by atoms with Gasteiger partial charge in [0.15, 0.2) is 34.9 Å². The van der Waals surface area contributed by atoms with Gasteiger partial charge in [0.2, 0.25) is 0 Å². The SMILES string of the molecule is CC1(C)OB(c2cccc(C(=C(c3ccccc3)c3ccccc3)c3ccccc3)c2)OC1(C)C.Clc1cccc(-c2nc(-c3ccccc3)nc(-c3ccc4c(c3)sc3ccccc34)n2)c1.c1ccc(C(=C(c2ccccc2)c2cccc(-c3cccc(-c4nc(-c5ccccc5)nc(-c5ccc6c(c5)sc5ccccc56)n4)c3)c2)c2ccccc2)cc1. The van der Waals surface area contributed by atoms with E-state index < -0.39 is 7.12 Å². The number of hydrogen-bond acceptors (Lipinski definition) is 10. The van der Waals surface area contributed by atoms with E-state index >= 15 is 0 Å². The highest BCUT2D eigenvalue weighted by Gasteiger charge is 2.52. The quantitative estimate of drug-likeness (QED) is 0.0697. The van der Waals surface area contributed by atoms with Gasteiger partial charge < -0.3 is 9.31 Å². The minimum Gasteiger partial charge on any atom is -0.399 e. The van der Waals surface area contributed by atoms with Gasteiger partial charge in [-0.05, 0) is 160 Å². The third-order valence-corrected chi connectivity index (χ3v) is 25.4. The van der Waals surface area contributed by atoms with Crippen molar-refractivity contribution in [2.24, 2.45) is 0 Å². The molecular formula is C112H82BClN6O2S2. The van der Waals surface area contributed by atoms with Crippen molar-refractivity contribution in [3.63, 3.8) is 0 Å². The Balaban J connectivity index is 0.000000130. The molecule has 0 radical (unpaired) electrons. The summed E-state index contributed by atoms with van der Waals surface area (Å²) in [4.78, 5) is 29.7. The molecule has 0 amide bonds. The lowest BCUT2D eigenvalue weighted by atomic mass is 9.76. The number of nitrogens with zero attached hydrogens (tertiary/aromatic N) is 6. The first-order chi connectivity index (χ1) is 60.8. The predicted molar refractivity (Wildman–Crippen MR) is 519 cm³/mol. The molecule has 1 aliphatic rings. The fraction of sp³-hybridized carbons (Fsp3) is 0.0536. The highest BCUT2D eigenvalue weighted by molar-refractivity contribution is 7.26. The molecule has 5 heterocycles. The number of rotatable bonds is 16. The predicted octanol–water partition coefficient (Wildman–Crippen LogP) is 28.8. The van der Waals surface area contributed by atoms with E-state index in [-0.39, 0.29) is 11.2 Å². The highest BCUT2D eigenvalue weighted by Crippen LogP contribution is 2.44. The monoisotopic (exact) mass is 1650 g/mol. The molecule has 0 N–H and O–H groups in total. The Morgan fingerprint density at radius 1 is 0.226 bits per heavy atom. The first kappa shape index (κ1) is 79.5. The van der Waals surface area contributed by atoms with Crippen molar-refractivity contribution in [3.05, 3.63) is 474 Å². The Morgan fingerprint density at radius 3 is 0.879 bits per heavy atom. The Kier molecular flexibility index (Phi) is 22.7. The maximum atomic E-state index is 6.38. The zero-order valence-electron chi connectivity index (χ0n) is 68.7. The maximum absolute atomic E-state index is 6.38. The van der Waals surface area contributed by atoms with E-state index in [1.54, 1.807) is 22.7 Å². The first-order valence-electron chi connectivity index (χ1n) is 41.6. The van der Waals surface area contributed by atoms with Crippen LogP contribution in [0.25, 0.3) is 142 Å². The molecule has 0 saturated carbocycles. The summed E-state index contributed by atoms with van der Waals surface area (Å²) >= 11 is 9.82. The van der Waals surface area contributed by atoms with Gasteiger partial charge >= 0.3 is 7.12 Å². The summed E-state index contributed by atoms with van der Waals surface area (Å²) in [6, 6.07) is 148. The molecule has 20 aromatic rings. The summed E-state index contributed by atoms with van der Waals surface area (Å²) in [6.07, 6.45) is 0. The normalized spacial score (nSPS) is 12.6. The molecule has 16 aromatic carbocycles. The van der Waals surface area contributed by atoms with Gasteiger partial charge in [-0.15, -0.1) is 22.7 Å². The number of hydrogen-bond donors (Lipinski definition) is 0. The van der Waals surface area contributed by atoms with E-state index in [0.29, 0.717) is 40.0 Å². The number of fused-ring (bicyclic) bond motifs is 6. The van der Waals surface area contributed by atoms with E-state index in [9.17, 15) is 0 Å². The lowest BCUT2D eigenvalue weighted by molar-refractivity contribution is 0.00578. The Labute approximate surface area is 735 Å². The summed E-state index contributed by atoms with van der Waals surface area (Å²) in [7, 11) is -0.408. The third-order valence-electron chi connectivity index (χ3n) is 22.9. The summed E-state index contributed by atoms with van der Waals surface area (Å²) in [5, 5.41) is 5.70. The summed E-state index contributed by atoms with van der Waals surface area (Å²) in [5.74, 6) is 3.82. The smallest absolute Gasteiger partial charge is 0.399 e. The summed E-state index contributed by atoms with van der Waals surface area (Å²) < 4.78 is 17.7. The first-order valence-corrected chi connectivity index (χ1v) is 43.6.